The maximum absolute atomic E-state index is 10.9. The summed E-state index contributed by atoms with van der Waals surface area (Å²) in [6, 6.07) is 0. The van der Waals surface area contributed by atoms with Gasteiger partial charge in [-0.05, 0) is 0 Å². The Kier molecular flexibility index (Phi) is 3.72. The minimum absolute atomic E-state index is 0.238. The van der Waals surface area contributed by atoms with E-state index in [9.17, 15) is 4.79 Å². The van der Waals surface area contributed by atoms with Gasteiger partial charge in [0.05, 0.1) is 0 Å². The van der Waals surface area contributed by atoms with Crippen molar-refractivity contribution in [3.8, 4) is 0 Å². The van der Waals surface area contributed by atoms with Crippen LogP contribution in [0.25, 0.3) is 0 Å². The fourth-order valence-electron chi connectivity index (χ4n) is 0.599. The first-order valence-electron chi connectivity index (χ1n) is 3.49. The van der Waals surface area contributed by atoms with Crippen LogP contribution in [0, 0.1) is 6.92 Å². The predicted molar refractivity (Wildman–Crippen MR) is 48.6 cm³/mol. The van der Waals surface area contributed by atoms with E-state index in [1.54, 1.807) is 18.3 Å². The monoisotopic (exact) mass is 251 g/mol. The van der Waals surface area contributed by atoms with Crippen molar-refractivity contribution in [2.24, 2.45) is 4.99 Å². The van der Waals surface area contributed by atoms with Crippen LogP contribution < -0.4 is 3.54 Å². The van der Waals surface area contributed by atoms with Crippen LogP contribution in [-0.4, -0.2) is 27.2 Å². The summed E-state index contributed by atoms with van der Waals surface area (Å²) in [6.45, 7) is 4.17. The molecule has 66 valence electrons. The van der Waals surface area contributed by atoms with Gasteiger partial charge in [0.2, 0.25) is 0 Å². The topological polar surface area (TPSA) is 38.7 Å². The van der Waals surface area contributed by atoms with Crippen LogP contribution >= 0.6 is 11.3 Å². The Bertz CT molecular complexity index is 328. The third-order valence-electron chi connectivity index (χ3n) is 1.02. The number of carbonyl (C=O) groups is 1. The molecular weight excluding hydrogens is 241 g/mol. The fraction of sp³-hybridized carbons (Fsp3) is 0.429. The molecular formula is C7H9NO2SSe. The number of hydrogen-bond donors (Lipinski definition) is 0. The Morgan fingerprint density at radius 1 is 1.83 bits per heavy atom. The Labute approximate surface area is 80.5 Å². The van der Waals surface area contributed by atoms with Crippen LogP contribution in [0.15, 0.2) is 9.93 Å². The van der Waals surface area contributed by atoms with E-state index in [1.165, 1.54) is 4.88 Å². The van der Waals surface area contributed by atoms with Gasteiger partial charge >= 0.3 is 80.3 Å². The van der Waals surface area contributed by atoms with Gasteiger partial charge in [-0.25, -0.2) is 0 Å². The molecule has 0 aliphatic carbocycles. The minimum atomic E-state index is -0.468. The number of rotatable bonds is 1. The summed E-state index contributed by atoms with van der Waals surface area (Å²) in [4.78, 5) is 18.0. The molecule has 5 heteroatoms. The van der Waals surface area contributed by atoms with Gasteiger partial charge in [-0.3, -0.25) is 0 Å². The number of aryl methyl sites for hydroxylation is 1. The Hall–Kier alpha value is -0.381. The third kappa shape index (κ3) is 2.93. The van der Waals surface area contributed by atoms with Crippen LogP contribution in [0.1, 0.15) is 11.8 Å². The van der Waals surface area contributed by atoms with E-state index in [2.05, 4.69) is 14.7 Å². The first kappa shape index (κ1) is 9.71. The molecule has 1 rings (SSSR count). The van der Waals surface area contributed by atoms with Crippen LogP contribution in [-0.2, 0) is 4.74 Å². The molecule has 3 nitrogen and oxygen atoms in total. The maximum atomic E-state index is 10.9. The number of nitrogens with zero attached hydrogens (tertiary/aromatic N) is 1. The molecule has 0 bridgehead atoms. The molecule has 0 fully saturated rings. The second kappa shape index (κ2) is 4.60. The normalized spacial score (nSPS) is 11.7. The van der Waals surface area contributed by atoms with Gasteiger partial charge in [-0.1, -0.05) is 0 Å². The van der Waals surface area contributed by atoms with Gasteiger partial charge < -0.3 is 0 Å². The molecule has 0 saturated heterocycles. The van der Waals surface area contributed by atoms with Crippen LogP contribution in [0.5, 0.6) is 0 Å². The third-order valence-corrected chi connectivity index (χ3v) is 4.70. The zero-order valence-corrected chi connectivity index (χ0v) is 9.39. The molecule has 0 atom stereocenters. The second-order valence-corrected chi connectivity index (χ2v) is 5.64. The first-order valence-corrected chi connectivity index (χ1v) is 6.15. The van der Waals surface area contributed by atoms with Gasteiger partial charge in [0.15, 0.2) is 0 Å². The molecule has 1 amide bonds. The van der Waals surface area contributed by atoms with E-state index >= 15 is 0 Å². The van der Waals surface area contributed by atoms with Gasteiger partial charge in [0.1, 0.15) is 0 Å². The van der Waals surface area contributed by atoms with Gasteiger partial charge in [-0.2, -0.15) is 0 Å². The average Bonchev–Trinajstić information content (AvgIpc) is 2.36. The molecule has 0 aromatic carbocycles. The van der Waals surface area contributed by atoms with Crippen LogP contribution in [0.4, 0.5) is 4.79 Å². The fourth-order valence-corrected chi connectivity index (χ4v) is 3.85. The summed E-state index contributed by atoms with van der Waals surface area (Å²) in [6.07, 6.45) is -0.468. The Balaban J connectivity index is 2.76. The molecule has 0 aliphatic heterocycles. The summed E-state index contributed by atoms with van der Waals surface area (Å²) in [5.74, 6) is 0. The standard InChI is InChI=1S/C7H9NO2SSe/c1-3-10-6(9)8-7-11-5(2)4-12-7/h4H,3H2,1-2H3/b8-7+. The number of ether oxygens (including phenoxy) is 1. The second-order valence-electron chi connectivity index (χ2n) is 2.03. The molecule has 1 aromatic heterocycles. The SMILES string of the molecule is CCOC(=O)/N=c1\sc(C)c[se]1. The van der Waals surface area contributed by atoms with Gasteiger partial charge in [-0.15, -0.1) is 0 Å². The van der Waals surface area contributed by atoms with Crippen molar-refractivity contribution >= 4 is 31.9 Å². The van der Waals surface area contributed by atoms with Gasteiger partial charge in [0, 0.05) is 0 Å². The number of hydrogen-bond acceptors (Lipinski definition) is 3. The number of carbonyl (C=O) groups excluding carboxylic acids is 1. The van der Waals surface area contributed by atoms with E-state index in [4.69, 9.17) is 0 Å². The zero-order valence-electron chi connectivity index (χ0n) is 6.86. The van der Waals surface area contributed by atoms with Crippen molar-refractivity contribution < 1.29 is 9.53 Å². The van der Waals surface area contributed by atoms with Crippen molar-refractivity contribution in [3.05, 3.63) is 13.4 Å². The summed E-state index contributed by atoms with van der Waals surface area (Å²) in [5, 5.41) is 0. The van der Waals surface area contributed by atoms with E-state index in [0.717, 1.165) is 3.54 Å². The van der Waals surface area contributed by atoms with Crippen molar-refractivity contribution in [1.82, 2.24) is 0 Å². The van der Waals surface area contributed by atoms with E-state index in [1.807, 2.05) is 6.92 Å². The molecule has 0 spiro atoms. The summed E-state index contributed by atoms with van der Waals surface area (Å²) >= 11 is 1.80. The predicted octanol–water partition coefficient (Wildman–Crippen LogP) is 1.17. The van der Waals surface area contributed by atoms with Crippen molar-refractivity contribution in [2.75, 3.05) is 6.61 Å². The Morgan fingerprint density at radius 2 is 2.58 bits per heavy atom. The molecule has 0 aliphatic rings. The molecule has 0 N–H and O–H groups in total. The molecule has 1 aromatic rings. The molecule has 0 unspecified atom stereocenters. The quantitative estimate of drug-likeness (QED) is 0.702. The number of amides is 1. The van der Waals surface area contributed by atoms with E-state index in [-0.39, 0.29) is 14.5 Å². The van der Waals surface area contributed by atoms with E-state index < -0.39 is 6.09 Å². The van der Waals surface area contributed by atoms with Gasteiger partial charge in [0.25, 0.3) is 0 Å². The average molecular weight is 250 g/mol. The summed E-state index contributed by atoms with van der Waals surface area (Å²) in [5.41, 5.74) is 0. The van der Waals surface area contributed by atoms with Crippen molar-refractivity contribution in [2.45, 2.75) is 13.8 Å². The van der Waals surface area contributed by atoms with Crippen LogP contribution in [0.3, 0.4) is 0 Å². The summed E-state index contributed by atoms with van der Waals surface area (Å²) in [7, 11) is 0. The van der Waals surface area contributed by atoms with E-state index in [0.29, 0.717) is 6.61 Å². The zero-order chi connectivity index (χ0) is 8.97. The van der Waals surface area contributed by atoms with Crippen LogP contribution in [0.2, 0.25) is 0 Å². The molecule has 1 heterocycles. The Morgan fingerprint density at radius 3 is 3.08 bits per heavy atom. The van der Waals surface area contributed by atoms with Crippen molar-refractivity contribution in [1.29, 1.82) is 0 Å². The van der Waals surface area contributed by atoms with Crippen molar-refractivity contribution in [3.63, 3.8) is 0 Å². The molecule has 12 heavy (non-hydrogen) atoms. The molecule has 0 saturated carbocycles. The molecule has 0 radical (unpaired) electrons. The summed E-state index contributed by atoms with van der Waals surface area (Å²) < 4.78 is 5.57. The first-order chi connectivity index (χ1) is 5.72.